The molecule has 8 nitrogen and oxygen atoms in total. The third kappa shape index (κ3) is 7.21. The van der Waals surface area contributed by atoms with E-state index in [1.807, 2.05) is 19.9 Å². The smallest absolute Gasteiger partial charge is 0.336 e. The van der Waals surface area contributed by atoms with Gasteiger partial charge in [-0.1, -0.05) is 18.2 Å². The minimum Gasteiger partial charge on any atom is -0.478 e. The largest absolute Gasteiger partial charge is 0.478 e. The number of piperazine rings is 1. The summed E-state index contributed by atoms with van der Waals surface area (Å²) in [5, 5.41) is 10.4. The van der Waals surface area contributed by atoms with Crippen LogP contribution in [0.3, 0.4) is 0 Å². The van der Waals surface area contributed by atoms with E-state index >= 15 is 0 Å². The standard InChI is InChI=1S/C30H32N4O4S.3ClH/c1-19-14-20(2)16-24(15-19)39(37,38)32-23-8-9-27-25(17-23)26(30(35)36)18-29(31-27)34-12-10-33(11-13-34)28-7-5-6-21(3)22(28)4;;;/h5-9,14-18,32H,10-13H2,1-4H3,(H,35,36);3*1H. The molecule has 2 N–H and O–H groups in total. The maximum absolute atomic E-state index is 13.0. The van der Waals surface area contributed by atoms with Crippen molar-refractivity contribution >= 4 is 81.3 Å². The number of pyridine rings is 1. The zero-order valence-electron chi connectivity index (χ0n) is 23.7. The number of aryl methyl sites for hydroxylation is 3. The summed E-state index contributed by atoms with van der Waals surface area (Å²) >= 11 is 0. The number of sulfonamides is 1. The van der Waals surface area contributed by atoms with Crippen LogP contribution in [0.25, 0.3) is 10.9 Å². The van der Waals surface area contributed by atoms with Crippen molar-refractivity contribution in [3.8, 4) is 0 Å². The Morgan fingerprint density at radius 1 is 0.833 bits per heavy atom. The molecule has 2 heterocycles. The number of carbonyl (C=O) groups is 1. The molecule has 12 heteroatoms. The quantitative estimate of drug-likeness (QED) is 0.243. The molecule has 0 aliphatic carbocycles. The molecule has 1 aromatic heterocycles. The third-order valence-electron chi connectivity index (χ3n) is 7.30. The number of aromatic carboxylic acids is 1. The number of benzene rings is 3. The van der Waals surface area contributed by atoms with Crippen molar-refractivity contribution in [2.24, 2.45) is 0 Å². The van der Waals surface area contributed by atoms with Crippen molar-refractivity contribution in [3.63, 3.8) is 0 Å². The van der Waals surface area contributed by atoms with Crippen molar-refractivity contribution in [1.82, 2.24) is 4.98 Å². The molecule has 0 unspecified atom stereocenters. The van der Waals surface area contributed by atoms with Crippen LogP contribution in [-0.2, 0) is 10.0 Å². The van der Waals surface area contributed by atoms with E-state index in [2.05, 4.69) is 46.6 Å². The minimum absolute atomic E-state index is 0. The zero-order chi connectivity index (χ0) is 27.9. The molecule has 1 fully saturated rings. The number of fused-ring (bicyclic) bond motifs is 1. The molecule has 1 aliphatic rings. The maximum Gasteiger partial charge on any atom is 0.336 e. The van der Waals surface area contributed by atoms with Gasteiger partial charge in [-0.2, -0.15) is 0 Å². The fourth-order valence-electron chi connectivity index (χ4n) is 5.17. The average Bonchev–Trinajstić information content (AvgIpc) is 2.89. The second-order valence-corrected chi connectivity index (χ2v) is 11.9. The molecule has 1 aliphatic heterocycles. The number of nitrogens with zero attached hydrogens (tertiary/aromatic N) is 3. The lowest BCUT2D eigenvalue weighted by molar-refractivity contribution is 0.0699. The van der Waals surface area contributed by atoms with Crippen molar-refractivity contribution in [3.05, 3.63) is 88.5 Å². The number of hydrogen-bond acceptors (Lipinski definition) is 6. The first kappa shape index (κ1) is 35.0. The van der Waals surface area contributed by atoms with Crippen LogP contribution >= 0.6 is 37.2 Å². The summed E-state index contributed by atoms with van der Waals surface area (Å²) in [6, 6.07) is 17.8. The number of hydrogen-bond donors (Lipinski definition) is 2. The van der Waals surface area contributed by atoms with Crippen LogP contribution in [0.4, 0.5) is 17.2 Å². The molecule has 0 amide bonds. The van der Waals surface area contributed by atoms with Gasteiger partial charge in [0.2, 0.25) is 0 Å². The highest BCUT2D eigenvalue weighted by Crippen LogP contribution is 2.29. The molecule has 0 radical (unpaired) electrons. The molecular formula is C30H35Cl3N4O4S. The SMILES string of the molecule is Cc1cc(C)cc(S(=O)(=O)Nc2ccc3nc(N4CCN(c5cccc(C)c5C)CC4)cc(C(=O)O)c3c2)c1.Cl.Cl.Cl. The number of halogens is 3. The summed E-state index contributed by atoms with van der Waals surface area (Å²) in [7, 11) is -3.85. The lowest BCUT2D eigenvalue weighted by Gasteiger charge is -2.37. The van der Waals surface area contributed by atoms with E-state index in [1.54, 1.807) is 30.3 Å². The maximum atomic E-state index is 13.0. The Balaban J connectivity index is 0.00000205. The number of aromatic nitrogens is 1. The summed E-state index contributed by atoms with van der Waals surface area (Å²) < 4.78 is 28.7. The molecular weight excluding hydrogens is 619 g/mol. The van der Waals surface area contributed by atoms with Gasteiger partial charge in [-0.3, -0.25) is 4.72 Å². The van der Waals surface area contributed by atoms with Gasteiger partial charge in [0.15, 0.2) is 0 Å². The Kier molecular flexibility index (Phi) is 11.5. The van der Waals surface area contributed by atoms with Gasteiger partial charge >= 0.3 is 5.97 Å². The number of anilines is 3. The molecule has 0 bridgehead atoms. The molecule has 0 spiro atoms. The summed E-state index contributed by atoms with van der Waals surface area (Å²) in [6.07, 6.45) is 0. The van der Waals surface area contributed by atoms with Crippen LogP contribution in [0.15, 0.2) is 65.6 Å². The van der Waals surface area contributed by atoms with E-state index in [0.717, 1.165) is 24.2 Å². The van der Waals surface area contributed by atoms with E-state index in [4.69, 9.17) is 4.98 Å². The second kappa shape index (κ2) is 13.8. The monoisotopic (exact) mass is 652 g/mol. The Labute approximate surface area is 265 Å². The van der Waals surface area contributed by atoms with E-state index in [9.17, 15) is 18.3 Å². The van der Waals surface area contributed by atoms with E-state index in [-0.39, 0.29) is 53.4 Å². The van der Waals surface area contributed by atoms with Gasteiger partial charge in [0.25, 0.3) is 10.0 Å². The topological polar surface area (TPSA) is 103 Å². The van der Waals surface area contributed by atoms with Crippen LogP contribution in [0, 0.1) is 27.7 Å². The van der Waals surface area contributed by atoms with Gasteiger partial charge < -0.3 is 14.9 Å². The van der Waals surface area contributed by atoms with Crippen molar-refractivity contribution in [2.45, 2.75) is 32.6 Å². The van der Waals surface area contributed by atoms with Gasteiger partial charge in [0.1, 0.15) is 5.82 Å². The van der Waals surface area contributed by atoms with Gasteiger partial charge in [0.05, 0.1) is 16.0 Å². The molecule has 3 aromatic carbocycles. The Morgan fingerprint density at radius 2 is 1.45 bits per heavy atom. The number of carboxylic acids is 1. The Morgan fingerprint density at radius 3 is 2.07 bits per heavy atom. The number of rotatable bonds is 6. The highest BCUT2D eigenvalue weighted by Gasteiger charge is 2.23. The van der Waals surface area contributed by atoms with E-state index < -0.39 is 16.0 Å². The van der Waals surface area contributed by atoms with Gasteiger partial charge in [0, 0.05) is 42.9 Å². The molecule has 5 rings (SSSR count). The van der Waals surface area contributed by atoms with Crippen molar-refractivity contribution in [2.75, 3.05) is 40.7 Å². The fourth-order valence-corrected chi connectivity index (χ4v) is 6.41. The normalized spacial score (nSPS) is 13.0. The second-order valence-electron chi connectivity index (χ2n) is 10.2. The van der Waals surface area contributed by atoms with Crippen molar-refractivity contribution in [1.29, 1.82) is 0 Å². The number of carboxylic acid groups (broad SMARTS) is 1. The lowest BCUT2D eigenvalue weighted by Crippen LogP contribution is -2.47. The Hall–Kier alpha value is -3.24. The summed E-state index contributed by atoms with van der Waals surface area (Å²) in [5.74, 6) is -0.490. The predicted molar refractivity (Wildman–Crippen MR) is 178 cm³/mol. The minimum atomic E-state index is -3.85. The van der Waals surface area contributed by atoms with Gasteiger partial charge in [-0.05, 0) is 92.4 Å². The highest BCUT2D eigenvalue weighted by atomic mass is 35.5. The van der Waals surface area contributed by atoms with Crippen LogP contribution in [0.5, 0.6) is 0 Å². The highest BCUT2D eigenvalue weighted by molar-refractivity contribution is 7.92. The first-order valence-corrected chi connectivity index (χ1v) is 14.4. The summed E-state index contributed by atoms with van der Waals surface area (Å²) in [5.41, 5.74) is 6.29. The predicted octanol–water partition coefficient (Wildman–Crippen LogP) is 6.56. The van der Waals surface area contributed by atoms with Crippen LogP contribution in [-0.4, -0.2) is 50.7 Å². The summed E-state index contributed by atoms with van der Waals surface area (Å²) in [6.45, 7) is 10.9. The van der Waals surface area contributed by atoms with Gasteiger partial charge in [-0.15, -0.1) is 37.2 Å². The van der Waals surface area contributed by atoms with Crippen LogP contribution in [0.2, 0.25) is 0 Å². The molecule has 1 saturated heterocycles. The molecule has 0 atom stereocenters. The van der Waals surface area contributed by atoms with Crippen LogP contribution in [0.1, 0.15) is 32.6 Å². The zero-order valence-corrected chi connectivity index (χ0v) is 27.0. The number of nitrogens with one attached hydrogen (secondary N) is 1. The van der Waals surface area contributed by atoms with Crippen molar-refractivity contribution < 1.29 is 18.3 Å². The third-order valence-corrected chi connectivity index (χ3v) is 8.66. The lowest BCUT2D eigenvalue weighted by atomic mass is 10.1. The van der Waals surface area contributed by atoms with Crippen LogP contribution < -0.4 is 14.5 Å². The average molecular weight is 654 g/mol. The molecule has 4 aromatic rings. The molecule has 0 saturated carbocycles. The fraction of sp³-hybridized carbons (Fsp3) is 0.267. The van der Waals surface area contributed by atoms with E-state index in [1.165, 1.54) is 22.9 Å². The van der Waals surface area contributed by atoms with Gasteiger partial charge in [-0.25, -0.2) is 18.2 Å². The molecule has 42 heavy (non-hydrogen) atoms. The Bertz CT molecular complexity index is 1690. The first-order chi connectivity index (χ1) is 18.5. The van der Waals surface area contributed by atoms with E-state index in [0.29, 0.717) is 29.8 Å². The first-order valence-electron chi connectivity index (χ1n) is 12.9. The summed E-state index contributed by atoms with van der Waals surface area (Å²) in [4.78, 5) is 21.6. The molecule has 226 valence electrons.